The molecule has 18 heavy (non-hydrogen) atoms. The number of nitrogens with zero attached hydrogens (tertiary/aromatic N) is 1. The zero-order valence-corrected chi connectivity index (χ0v) is 11.4. The predicted molar refractivity (Wildman–Crippen MR) is 69.6 cm³/mol. The molecule has 0 bridgehead atoms. The van der Waals surface area contributed by atoms with Crippen molar-refractivity contribution in [3.63, 3.8) is 0 Å². The minimum Gasteiger partial charge on any atom is -0.347 e. The van der Waals surface area contributed by atoms with E-state index in [9.17, 15) is 8.42 Å². The number of nitrogens with two attached hydrogens (primary N) is 1. The van der Waals surface area contributed by atoms with Crippen LogP contribution in [0.15, 0.2) is 23.4 Å². The average Bonchev–Trinajstić information content (AvgIpc) is 2.95. The lowest BCUT2D eigenvalue weighted by atomic mass is 10.4. The first-order valence-corrected chi connectivity index (χ1v) is 7.60. The third kappa shape index (κ3) is 2.78. The molecule has 2 aromatic heterocycles. The third-order valence-electron chi connectivity index (χ3n) is 2.40. The minimum atomic E-state index is -3.51. The maximum Gasteiger partial charge on any atom is 0.242 e. The quantitative estimate of drug-likeness (QED) is 0.753. The van der Waals surface area contributed by atoms with Crippen molar-refractivity contribution < 1.29 is 8.42 Å². The van der Waals surface area contributed by atoms with Crippen LogP contribution < -0.4 is 10.5 Å². The van der Waals surface area contributed by atoms with Crippen molar-refractivity contribution in [2.45, 2.75) is 24.9 Å². The summed E-state index contributed by atoms with van der Waals surface area (Å²) in [7, 11) is -3.51. The molecule has 98 valence electrons. The summed E-state index contributed by atoms with van der Waals surface area (Å²) in [6.07, 6.45) is 3.22. The molecule has 0 amide bonds. The van der Waals surface area contributed by atoms with E-state index in [4.69, 9.17) is 5.73 Å². The summed E-state index contributed by atoms with van der Waals surface area (Å²) in [6.45, 7) is 2.26. The standard InChI is InChI=1S/C10H14N4O2S2/c1-7-9(4-8(5-11)17-7)18(15,16)14-6-10-12-2-3-13-10/h2-4,14H,5-6,11H2,1H3,(H,12,13). The molecule has 0 spiro atoms. The molecule has 0 saturated carbocycles. The van der Waals surface area contributed by atoms with Crippen LogP contribution >= 0.6 is 11.3 Å². The molecule has 0 radical (unpaired) electrons. The molecule has 6 nitrogen and oxygen atoms in total. The second kappa shape index (κ2) is 5.19. The van der Waals surface area contributed by atoms with Crippen molar-refractivity contribution in [2.24, 2.45) is 5.73 Å². The second-order valence-electron chi connectivity index (χ2n) is 3.70. The van der Waals surface area contributed by atoms with Gasteiger partial charge in [0.2, 0.25) is 10.0 Å². The van der Waals surface area contributed by atoms with Crippen LogP contribution in [0.2, 0.25) is 0 Å². The Balaban J connectivity index is 2.17. The smallest absolute Gasteiger partial charge is 0.242 e. The molecule has 0 aliphatic heterocycles. The number of sulfonamides is 1. The van der Waals surface area contributed by atoms with E-state index in [0.717, 1.165) is 9.75 Å². The van der Waals surface area contributed by atoms with Crippen molar-refractivity contribution >= 4 is 21.4 Å². The molecular weight excluding hydrogens is 272 g/mol. The zero-order chi connectivity index (χ0) is 13.2. The SMILES string of the molecule is Cc1sc(CN)cc1S(=O)(=O)NCc1ncc[nH]1. The van der Waals surface area contributed by atoms with Crippen LogP contribution in [-0.2, 0) is 23.1 Å². The molecule has 2 aromatic rings. The third-order valence-corrected chi connectivity index (χ3v) is 5.13. The fourth-order valence-electron chi connectivity index (χ4n) is 1.53. The van der Waals surface area contributed by atoms with Gasteiger partial charge in [0.05, 0.1) is 11.4 Å². The summed E-state index contributed by atoms with van der Waals surface area (Å²) in [5.74, 6) is 0.575. The zero-order valence-electron chi connectivity index (χ0n) is 9.80. The average molecular weight is 286 g/mol. The lowest BCUT2D eigenvalue weighted by Crippen LogP contribution is -2.24. The highest BCUT2D eigenvalue weighted by Gasteiger charge is 2.19. The molecule has 2 rings (SSSR count). The van der Waals surface area contributed by atoms with Gasteiger partial charge in [-0.05, 0) is 13.0 Å². The van der Waals surface area contributed by atoms with Gasteiger partial charge in [-0.2, -0.15) is 0 Å². The summed E-state index contributed by atoms with van der Waals surface area (Å²) >= 11 is 1.40. The first-order valence-electron chi connectivity index (χ1n) is 5.30. The van der Waals surface area contributed by atoms with Crippen molar-refractivity contribution in [2.75, 3.05) is 0 Å². The molecule has 0 aromatic carbocycles. The number of imidazole rings is 1. The van der Waals surface area contributed by atoms with Crippen LogP contribution in [-0.4, -0.2) is 18.4 Å². The van der Waals surface area contributed by atoms with Gasteiger partial charge in [-0.15, -0.1) is 11.3 Å². The lowest BCUT2D eigenvalue weighted by molar-refractivity contribution is 0.579. The Bertz CT molecular complexity index is 616. The molecular formula is C10H14N4O2S2. The Labute approximate surface area is 109 Å². The predicted octanol–water partition coefficient (Wildman–Crippen LogP) is 0.717. The van der Waals surface area contributed by atoms with Crippen molar-refractivity contribution in [3.8, 4) is 0 Å². The van der Waals surface area contributed by atoms with Crippen LogP contribution in [0, 0.1) is 6.92 Å². The van der Waals surface area contributed by atoms with Gasteiger partial charge in [0.15, 0.2) is 0 Å². The van der Waals surface area contributed by atoms with Gasteiger partial charge < -0.3 is 10.7 Å². The second-order valence-corrected chi connectivity index (χ2v) is 6.77. The van der Waals surface area contributed by atoms with Crippen LogP contribution in [0.3, 0.4) is 0 Å². The summed E-state index contributed by atoms with van der Waals surface area (Å²) in [4.78, 5) is 8.68. The molecule has 0 atom stereocenters. The Hall–Kier alpha value is -1.22. The van der Waals surface area contributed by atoms with Gasteiger partial charge in [0, 0.05) is 28.7 Å². The van der Waals surface area contributed by atoms with Gasteiger partial charge in [-0.25, -0.2) is 18.1 Å². The van der Waals surface area contributed by atoms with E-state index in [0.29, 0.717) is 17.3 Å². The number of H-pyrrole nitrogens is 1. The number of aromatic nitrogens is 2. The highest BCUT2D eigenvalue weighted by Crippen LogP contribution is 2.25. The molecule has 2 heterocycles. The number of hydrogen-bond donors (Lipinski definition) is 3. The van der Waals surface area contributed by atoms with Gasteiger partial charge in [-0.3, -0.25) is 0 Å². The normalized spacial score (nSPS) is 11.9. The van der Waals surface area contributed by atoms with E-state index in [1.807, 2.05) is 0 Å². The van der Waals surface area contributed by atoms with E-state index >= 15 is 0 Å². The number of rotatable bonds is 5. The lowest BCUT2D eigenvalue weighted by Gasteiger charge is -2.04. The van der Waals surface area contributed by atoms with Crippen molar-refractivity contribution in [1.82, 2.24) is 14.7 Å². The number of nitrogens with one attached hydrogen (secondary N) is 2. The number of hydrogen-bond acceptors (Lipinski definition) is 5. The fraction of sp³-hybridized carbons (Fsp3) is 0.300. The molecule has 0 saturated heterocycles. The highest BCUT2D eigenvalue weighted by molar-refractivity contribution is 7.89. The van der Waals surface area contributed by atoms with Crippen molar-refractivity contribution in [1.29, 1.82) is 0 Å². The summed E-state index contributed by atoms with van der Waals surface area (Å²) in [6, 6.07) is 1.62. The topological polar surface area (TPSA) is 101 Å². The van der Waals surface area contributed by atoms with Gasteiger partial charge >= 0.3 is 0 Å². The first-order chi connectivity index (χ1) is 8.53. The van der Waals surface area contributed by atoms with Gasteiger partial charge in [-0.1, -0.05) is 0 Å². The summed E-state index contributed by atoms with van der Waals surface area (Å²) < 4.78 is 26.7. The Kier molecular flexibility index (Phi) is 3.81. The Morgan fingerprint density at radius 3 is 2.89 bits per heavy atom. The van der Waals surface area contributed by atoms with E-state index in [1.165, 1.54) is 11.3 Å². The molecule has 0 fully saturated rings. The molecule has 4 N–H and O–H groups in total. The highest BCUT2D eigenvalue weighted by atomic mass is 32.2. The Morgan fingerprint density at radius 2 is 2.33 bits per heavy atom. The monoisotopic (exact) mass is 286 g/mol. The Morgan fingerprint density at radius 1 is 1.56 bits per heavy atom. The number of thiophene rings is 1. The molecule has 0 unspecified atom stereocenters. The van der Waals surface area contributed by atoms with Crippen LogP contribution in [0.1, 0.15) is 15.6 Å². The van der Waals surface area contributed by atoms with Crippen LogP contribution in [0.25, 0.3) is 0 Å². The largest absolute Gasteiger partial charge is 0.347 e. The van der Waals surface area contributed by atoms with Gasteiger partial charge in [0.1, 0.15) is 5.82 Å². The van der Waals surface area contributed by atoms with Gasteiger partial charge in [0.25, 0.3) is 0 Å². The van der Waals surface area contributed by atoms with E-state index in [-0.39, 0.29) is 6.54 Å². The van der Waals surface area contributed by atoms with Crippen LogP contribution in [0.4, 0.5) is 0 Å². The van der Waals surface area contributed by atoms with Crippen LogP contribution in [0.5, 0.6) is 0 Å². The first kappa shape index (κ1) is 13.2. The number of aryl methyl sites for hydroxylation is 1. The minimum absolute atomic E-state index is 0.141. The maximum absolute atomic E-state index is 12.1. The van der Waals surface area contributed by atoms with E-state index < -0.39 is 10.0 Å². The number of aromatic amines is 1. The summed E-state index contributed by atoms with van der Waals surface area (Å²) in [5, 5.41) is 0. The van der Waals surface area contributed by atoms with E-state index in [1.54, 1.807) is 25.4 Å². The van der Waals surface area contributed by atoms with Crippen molar-refractivity contribution in [3.05, 3.63) is 34.0 Å². The molecule has 0 aliphatic rings. The molecule has 0 aliphatic carbocycles. The summed E-state index contributed by atoms with van der Waals surface area (Å²) in [5.41, 5.74) is 5.51. The molecule has 8 heteroatoms. The van der Waals surface area contributed by atoms with E-state index in [2.05, 4.69) is 14.7 Å². The maximum atomic E-state index is 12.1. The fourth-order valence-corrected chi connectivity index (χ4v) is 4.03.